The molecule has 2 aromatic rings. The topological polar surface area (TPSA) is 57.4 Å². The van der Waals surface area contributed by atoms with Gasteiger partial charge in [-0.25, -0.2) is 0 Å². The Labute approximate surface area is 133 Å². The summed E-state index contributed by atoms with van der Waals surface area (Å²) in [6.07, 6.45) is 2.49. The molecule has 1 atom stereocenters. The molecule has 0 amide bonds. The molecule has 112 valence electrons. The molecule has 5 heteroatoms. The molecule has 0 fully saturated rings. The lowest BCUT2D eigenvalue weighted by atomic mass is 10.2. The summed E-state index contributed by atoms with van der Waals surface area (Å²) in [4.78, 5) is 4.31. The fourth-order valence-electron chi connectivity index (χ4n) is 1.80. The van der Waals surface area contributed by atoms with Crippen molar-refractivity contribution >= 4 is 15.9 Å². The van der Waals surface area contributed by atoms with E-state index in [2.05, 4.69) is 20.9 Å². The minimum Gasteiger partial charge on any atom is -0.490 e. The van der Waals surface area contributed by atoms with Crippen molar-refractivity contribution in [3.05, 3.63) is 52.8 Å². The number of ether oxygens (including phenoxy) is 2. The van der Waals surface area contributed by atoms with Crippen molar-refractivity contribution in [1.29, 1.82) is 0 Å². The van der Waals surface area contributed by atoms with Gasteiger partial charge in [-0.05, 0) is 43.3 Å². The molecule has 0 aliphatic rings. The van der Waals surface area contributed by atoms with Crippen molar-refractivity contribution in [2.24, 2.45) is 5.73 Å². The Morgan fingerprint density at radius 1 is 1.05 bits per heavy atom. The summed E-state index contributed by atoms with van der Waals surface area (Å²) in [5, 5.41) is 0. The van der Waals surface area contributed by atoms with Crippen molar-refractivity contribution in [2.75, 3.05) is 13.2 Å². The van der Waals surface area contributed by atoms with Gasteiger partial charge >= 0.3 is 0 Å². The molecular formula is C16H19BrN2O2. The molecule has 1 aromatic carbocycles. The summed E-state index contributed by atoms with van der Waals surface area (Å²) in [5.74, 6) is 1.56. The van der Waals surface area contributed by atoms with Crippen LogP contribution in [0.5, 0.6) is 11.5 Å². The van der Waals surface area contributed by atoms with Crippen LogP contribution in [0.3, 0.4) is 0 Å². The van der Waals surface area contributed by atoms with E-state index >= 15 is 0 Å². The van der Waals surface area contributed by atoms with Gasteiger partial charge in [0.05, 0.1) is 6.20 Å². The van der Waals surface area contributed by atoms with E-state index in [1.54, 1.807) is 6.20 Å². The summed E-state index contributed by atoms with van der Waals surface area (Å²) < 4.78 is 12.2. The Morgan fingerprint density at radius 3 is 2.24 bits per heavy atom. The van der Waals surface area contributed by atoms with E-state index in [-0.39, 0.29) is 6.04 Å². The number of nitrogens with zero attached hydrogens (tertiary/aromatic N) is 1. The second-order valence-electron chi connectivity index (χ2n) is 4.82. The predicted molar refractivity (Wildman–Crippen MR) is 86.7 cm³/mol. The minimum absolute atomic E-state index is 0.114. The third-order valence-corrected chi connectivity index (χ3v) is 3.29. The molecule has 0 aliphatic carbocycles. The van der Waals surface area contributed by atoms with Crippen LogP contribution in [0.15, 0.2) is 47.1 Å². The lowest BCUT2D eigenvalue weighted by molar-refractivity contribution is 0.216. The fourth-order valence-corrected chi connectivity index (χ4v) is 2.06. The Morgan fingerprint density at radius 2 is 1.67 bits per heavy atom. The molecule has 0 aliphatic heterocycles. The number of aromatic nitrogens is 1. The first-order chi connectivity index (χ1) is 10.1. The summed E-state index contributed by atoms with van der Waals surface area (Å²) in [6.45, 7) is 2.93. The van der Waals surface area contributed by atoms with Crippen LogP contribution in [0.4, 0.5) is 0 Å². The Balaban J connectivity index is 1.72. The van der Waals surface area contributed by atoms with E-state index in [1.165, 1.54) is 0 Å². The molecule has 2 rings (SSSR count). The van der Waals surface area contributed by atoms with E-state index in [0.717, 1.165) is 28.1 Å². The maximum atomic E-state index is 5.73. The standard InChI is InChI=1S/C16H19BrN2O2/c1-12(18)10-14-4-7-16(11-19-14)21-9-8-20-15-5-2-13(17)3-6-15/h2-7,11-12H,8-10,18H2,1H3. The molecule has 4 nitrogen and oxygen atoms in total. The highest BCUT2D eigenvalue weighted by Crippen LogP contribution is 2.16. The molecule has 0 saturated heterocycles. The van der Waals surface area contributed by atoms with Crippen LogP contribution < -0.4 is 15.2 Å². The van der Waals surface area contributed by atoms with Crippen LogP contribution >= 0.6 is 15.9 Å². The molecule has 1 aromatic heterocycles. The van der Waals surface area contributed by atoms with E-state index < -0.39 is 0 Å². The van der Waals surface area contributed by atoms with Gasteiger partial charge < -0.3 is 15.2 Å². The first-order valence-corrected chi connectivity index (χ1v) is 7.64. The van der Waals surface area contributed by atoms with E-state index in [0.29, 0.717) is 13.2 Å². The van der Waals surface area contributed by atoms with Crippen LogP contribution in [0.25, 0.3) is 0 Å². The molecule has 0 spiro atoms. The number of hydrogen-bond donors (Lipinski definition) is 1. The zero-order chi connectivity index (χ0) is 15.1. The average Bonchev–Trinajstić information content (AvgIpc) is 2.46. The van der Waals surface area contributed by atoms with Crippen molar-refractivity contribution in [3.8, 4) is 11.5 Å². The van der Waals surface area contributed by atoms with Gasteiger partial charge in [-0.15, -0.1) is 0 Å². The largest absolute Gasteiger partial charge is 0.490 e. The first kappa shape index (κ1) is 15.8. The number of halogens is 1. The van der Waals surface area contributed by atoms with Crippen LogP contribution in [0, 0.1) is 0 Å². The van der Waals surface area contributed by atoms with Crippen molar-refractivity contribution < 1.29 is 9.47 Å². The smallest absolute Gasteiger partial charge is 0.137 e. The van der Waals surface area contributed by atoms with Gasteiger partial charge in [0.1, 0.15) is 24.7 Å². The highest BCUT2D eigenvalue weighted by molar-refractivity contribution is 9.10. The zero-order valence-electron chi connectivity index (χ0n) is 12.0. The fraction of sp³-hybridized carbons (Fsp3) is 0.312. The highest BCUT2D eigenvalue weighted by Gasteiger charge is 2.01. The van der Waals surface area contributed by atoms with Crippen LogP contribution in [0.1, 0.15) is 12.6 Å². The van der Waals surface area contributed by atoms with Gasteiger partial charge in [0.2, 0.25) is 0 Å². The van der Waals surface area contributed by atoms with Crippen LogP contribution in [0.2, 0.25) is 0 Å². The Bertz CT molecular complexity index is 541. The predicted octanol–water partition coefficient (Wildman–Crippen LogP) is 3.19. The lowest BCUT2D eigenvalue weighted by Crippen LogP contribution is -2.18. The second kappa shape index (κ2) is 8.00. The summed E-state index contributed by atoms with van der Waals surface area (Å²) in [5.41, 5.74) is 6.71. The number of pyridine rings is 1. The normalized spacial score (nSPS) is 12.0. The lowest BCUT2D eigenvalue weighted by Gasteiger charge is -2.09. The summed E-state index contributed by atoms with van der Waals surface area (Å²) in [6, 6.07) is 11.7. The van der Waals surface area contributed by atoms with Gasteiger partial charge in [-0.1, -0.05) is 15.9 Å². The minimum atomic E-state index is 0.114. The van der Waals surface area contributed by atoms with Crippen LogP contribution in [-0.2, 0) is 6.42 Å². The highest BCUT2D eigenvalue weighted by atomic mass is 79.9. The molecule has 1 unspecified atom stereocenters. The number of benzene rings is 1. The van der Waals surface area contributed by atoms with Gasteiger partial charge in [0.15, 0.2) is 0 Å². The number of nitrogens with two attached hydrogens (primary N) is 1. The monoisotopic (exact) mass is 350 g/mol. The van der Waals surface area contributed by atoms with Gasteiger partial charge in [-0.3, -0.25) is 4.98 Å². The SMILES string of the molecule is CC(N)Cc1ccc(OCCOc2ccc(Br)cc2)cn1. The number of hydrogen-bond acceptors (Lipinski definition) is 4. The quantitative estimate of drug-likeness (QED) is 0.779. The summed E-state index contributed by atoms with van der Waals surface area (Å²) >= 11 is 3.38. The Hall–Kier alpha value is -1.59. The maximum absolute atomic E-state index is 5.73. The second-order valence-corrected chi connectivity index (χ2v) is 5.73. The molecule has 21 heavy (non-hydrogen) atoms. The van der Waals surface area contributed by atoms with Crippen molar-refractivity contribution in [1.82, 2.24) is 4.98 Å². The Kier molecular flexibility index (Phi) is 6.02. The van der Waals surface area contributed by atoms with E-state index in [1.807, 2.05) is 43.3 Å². The maximum Gasteiger partial charge on any atom is 0.137 e. The molecule has 2 N–H and O–H groups in total. The van der Waals surface area contributed by atoms with E-state index in [4.69, 9.17) is 15.2 Å². The molecular weight excluding hydrogens is 332 g/mol. The molecule has 1 heterocycles. The van der Waals surface area contributed by atoms with Gasteiger partial charge in [0.25, 0.3) is 0 Å². The molecule has 0 radical (unpaired) electrons. The molecule has 0 saturated carbocycles. The zero-order valence-corrected chi connectivity index (χ0v) is 13.5. The van der Waals surface area contributed by atoms with Crippen LogP contribution in [-0.4, -0.2) is 24.2 Å². The van der Waals surface area contributed by atoms with Crippen molar-refractivity contribution in [2.45, 2.75) is 19.4 Å². The first-order valence-electron chi connectivity index (χ1n) is 6.85. The average molecular weight is 351 g/mol. The summed E-state index contributed by atoms with van der Waals surface area (Å²) in [7, 11) is 0. The number of rotatable bonds is 7. The van der Waals surface area contributed by atoms with Gasteiger partial charge in [0, 0.05) is 22.6 Å². The third-order valence-electron chi connectivity index (χ3n) is 2.76. The molecule has 0 bridgehead atoms. The van der Waals surface area contributed by atoms with Gasteiger partial charge in [-0.2, -0.15) is 0 Å². The van der Waals surface area contributed by atoms with E-state index in [9.17, 15) is 0 Å². The van der Waals surface area contributed by atoms with Crippen molar-refractivity contribution in [3.63, 3.8) is 0 Å². The third kappa shape index (κ3) is 5.73.